The van der Waals surface area contributed by atoms with Crippen molar-refractivity contribution in [2.24, 2.45) is 0 Å². The molecule has 3 N–H and O–H groups in total. The molecular formula is C16H14FN3O. The second-order valence-corrected chi connectivity index (χ2v) is 5.41. The lowest BCUT2D eigenvalue weighted by Gasteiger charge is -2.10. The van der Waals surface area contributed by atoms with Crippen molar-refractivity contribution < 1.29 is 9.50 Å². The number of phenols is 1. The Morgan fingerprint density at radius 1 is 1.24 bits per heavy atom. The Hall–Kier alpha value is -2.56. The summed E-state index contributed by atoms with van der Waals surface area (Å²) in [6.45, 7) is 0. The first-order valence-corrected chi connectivity index (χ1v) is 6.90. The van der Waals surface area contributed by atoms with Gasteiger partial charge in [0.2, 0.25) is 0 Å². The van der Waals surface area contributed by atoms with E-state index in [2.05, 4.69) is 4.98 Å². The van der Waals surface area contributed by atoms with Gasteiger partial charge in [-0.05, 0) is 43.2 Å². The van der Waals surface area contributed by atoms with Crippen molar-refractivity contribution in [1.29, 1.82) is 0 Å². The number of imidazole rings is 1. The molecule has 0 bridgehead atoms. The topological polar surface area (TPSA) is 64.1 Å². The molecule has 3 aromatic rings. The van der Waals surface area contributed by atoms with Crippen molar-refractivity contribution in [2.45, 2.75) is 18.9 Å². The van der Waals surface area contributed by atoms with Crippen molar-refractivity contribution in [2.75, 3.05) is 5.73 Å². The third-order valence-electron chi connectivity index (χ3n) is 3.87. The second-order valence-electron chi connectivity index (χ2n) is 5.41. The summed E-state index contributed by atoms with van der Waals surface area (Å²) in [5, 5.41) is 10.2. The SMILES string of the molecule is Nc1cccc(-c2nc3ccc(F)cc3n2C2CC2)c1O. The number of nitrogens with two attached hydrogens (primary N) is 1. The summed E-state index contributed by atoms with van der Waals surface area (Å²) in [5.41, 5.74) is 8.15. The van der Waals surface area contributed by atoms with Gasteiger partial charge in [-0.3, -0.25) is 0 Å². The van der Waals surface area contributed by atoms with Gasteiger partial charge < -0.3 is 15.4 Å². The standard InChI is InChI=1S/C16H14FN3O/c17-9-4-7-13-14(8-9)20(10-5-6-10)16(19-13)11-2-1-3-12(18)15(11)21/h1-4,7-8,10,21H,5-6,18H2. The summed E-state index contributed by atoms with van der Waals surface area (Å²) in [6.07, 6.45) is 2.08. The maximum Gasteiger partial charge on any atom is 0.149 e. The normalized spacial score (nSPS) is 14.7. The van der Waals surface area contributed by atoms with E-state index < -0.39 is 0 Å². The predicted molar refractivity (Wildman–Crippen MR) is 79.5 cm³/mol. The predicted octanol–water partition coefficient (Wildman–Crippen LogP) is 3.47. The van der Waals surface area contributed by atoms with Crippen molar-refractivity contribution in [3.63, 3.8) is 0 Å². The van der Waals surface area contributed by atoms with Crippen LogP contribution in [-0.4, -0.2) is 14.7 Å². The largest absolute Gasteiger partial charge is 0.505 e. The molecule has 0 unspecified atom stereocenters. The van der Waals surface area contributed by atoms with Crippen LogP contribution in [0.5, 0.6) is 5.75 Å². The molecule has 5 heteroatoms. The average molecular weight is 283 g/mol. The summed E-state index contributed by atoms with van der Waals surface area (Å²) in [6, 6.07) is 10.1. The number of anilines is 1. The number of hydrogen-bond acceptors (Lipinski definition) is 3. The average Bonchev–Trinajstić information content (AvgIpc) is 3.23. The van der Waals surface area contributed by atoms with Gasteiger partial charge in [-0.2, -0.15) is 0 Å². The number of benzene rings is 2. The Balaban J connectivity index is 2.04. The minimum absolute atomic E-state index is 0.0233. The maximum absolute atomic E-state index is 13.5. The van der Waals surface area contributed by atoms with Gasteiger partial charge in [0.15, 0.2) is 0 Å². The fraction of sp³-hybridized carbons (Fsp3) is 0.188. The zero-order chi connectivity index (χ0) is 14.6. The van der Waals surface area contributed by atoms with Gasteiger partial charge in [-0.15, -0.1) is 0 Å². The fourth-order valence-electron chi connectivity index (χ4n) is 2.70. The zero-order valence-corrected chi connectivity index (χ0v) is 11.3. The Kier molecular flexibility index (Phi) is 2.45. The minimum Gasteiger partial charge on any atom is -0.505 e. The van der Waals surface area contributed by atoms with Crippen LogP contribution in [0, 0.1) is 5.82 Å². The molecule has 4 nitrogen and oxygen atoms in total. The van der Waals surface area contributed by atoms with Crippen LogP contribution >= 0.6 is 0 Å². The minimum atomic E-state index is -0.285. The van der Waals surface area contributed by atoms with Crippen LogP contribution in [0.4, 0.5) is 10.1 Å². The van der Waals surface area contributed by atoms with Crippen LogP contribution in [0.25, 0.3) is 22.4 Å². The first-order valence-electron chi connectivity index (χ1n) is 6.90. The van der Waals surface area contributed by atoms with Crippen molar-refractivity contribution in [3.05, 3.63) is 42.2 Å². The van der Waals surface area contributed by atoms with Gasteiger partial charge in [0, 0.05) is 6.04 Å². The Labute approximate surface area is 120 Å². The molecule has 0 amide bonds. The lowest BCUT2D eigenvalue weighted by molar-refractivity contribution is 0.479. The number of aromatic hydroxyl groups is 1. The molecule has 4 rings (SSSR count). The summed E-state index contributed by atoms with van der Waals surface area (Å²) >= 11 is 0. The highest BCUT2D eigenvalue weighted by Gasteiger charge is 2.29. The van der Waals surface area contributed by atoms with Crippen LogP contribution in [0.2, 0.25) is 0 Å². The van der Waals surface area contributed by atoms with E-state index in [9.17, 15) is 9.50 Å². The molecule has 0 saturated heterocycles. The highest BCUT2D eigenvalue weighted by molar-refractivity contribution is 5.84. The zero-order valence-electron chi connectivity index (χ0n) is 11.3. The molecule has 0 atom stereocenters. The molecule has 1 aliphatic carbocycles. The van der Waals surface area contributed by atoms with Gasteiger partial charge in [0.05, 0.1) is 22.3 Å². The number of fused-ring (bicyclic) bond motifs is 1. The van der Waals surface area contributed by atoms with Crippen LogP contribution in [0.3, 0.4) is 0 Å². The summed E-state index contributed by atoms with van der Waals surface area (Å²) in [4.78, 5) is 4.57. The third-order valence-corrected chi connectivity index (χ3v) is 3.87. The molecule has 106 valence electrons. The van der Waals surface area contributed by atoms with Gasteiger partial charge in [-0.25, -0.2) is 9.37 Å². The van der Waals surface area contributed by atoms with Crippen LogP contribution < -0.4 is 5.73 Å². The number of halogens is 1. The van der Waals surface area contributed by atoms with Gasteiger partial charge in [0.25, 0.3) is 0 Å². The Bertz CT molecular complexity index is 852. The number of aromatic nitrogens is 2. The Morgan fingerprint density at radius 2 is 2.05 bits per heavy atom. The number of para-hydroxylation sites is 1. The van der Waals surface area contributed by atoms with Crippen LogP contribution in [0.1, 0.15) is 18.9 Å². The number of nitrogen functional groups attached to an aromatic ring is 1. The van der Waals surface area contributed by atoms with Crippen molar-refractivity contribution in [3.8, 4) is 17.1 Å². The van der Waals surface area contributed by atoms with E-state index in [0.29, 0.717) is 23.1 Å². The molecule has 0 aliphatic heterocycles. The van der Waals surface area contributed by atoms with Gasteiger partial charge in [0.1, 0.15) is 17.4 Å². The highest BCUT2D eigenvalue weighted by atomic mass is 19.1. The molecule has 1 saturated carbocycles. The quantitative estimate of drug-likeness (QED) is 0.559. The van der Waals surface area contributed by atoms with E-state index in [1.165, 1.54) is 12.1 Å². The van der Waals surface area contributed by atoms with E-state index in [-0.39, 0.29) is 11.6 Å². The van der Waals surface area contributed by atoms with Gasteiger partial charge in [-0.1, -0.05) is 6.07 Å². The summed E-state index contributed by atoms with van der Waals surface area (Å²) in [7, 11) is 0. The summed E-state index contributed by atoms with van der Waals surface area (Å²) < 4.78 is 15.6. The van der Waals surface area contributed by atoms with Crippen LogP contribution in [0.15, 0.2) is 36.4 Å². The first-order chi connectivity index (χ1) is 10.1. The molecule has 1 heterocycles. The molecule has 1 fully saturated rings. The second kappa shape index (κ2) is 4.22. The first kappa shape index (κ1) is 12.2. The molecular weight excluding hydrogens is 269 g/mol. The lowest BCUT2D eigenvalue weighted by Crippen LogP contribution is -1.98. The number of phenolic OH excluding ortho intramolecular Hbond substituents is 1. The monoisotopic (exact) mass is 283 g/mol. The molecule has 21 heavy (non-hydrogen) atoms. The molecule has 1 aliphatic rings. The summed E-state index contributed by atoms with van der Waals surface area (Å²) in [5.74, 6) is 0.380. The smallest absolute Gasteiger partial charge is 0.149 e. The number of nitrogens with zero attached hydrogens (tertiary/aromatic N) is 2. The fourth-order valence-corrected chi connectivity index (χ4v) is 2.70. The highest BCUT2D eigenvalue weighted by Crippen LogP contribution is 2.43. The van der Waals surface area contributed by atoms with Crippen molar-refractivity contribution >= 4 is 16.7 Å². The molecule has 0 radical (unpaired) electrons. The third kappa shape index (κ3) is 1.85. The molecule has 2 aromatic carbocycles. The van der Waals surface area contributed by atoms with E-state index in [1.807, 2.05) is 4.57 Å². The van der Waals surface area contributed by atoms with E-state index in [4.69, 9.17) is 5.73 Å². The maximum atomic E-state index is 13.5. The Morgan fingerprint density at radius 3 is 2.81 bits per heavy atom. The molecule has 0 spiro atoms. The van der Waals surface area contributed by atoms with E-state index >= 15 is 0 Å². The molecule has 1 aromatic heterocycles. The van der Waals surface area contributed by atoms with E-state index in [1.54, 1.807) is 24.3 Å². The lowest BCUT2D eigenvalue weighted by atomic mass is 10.1. The van der Waals surface area contributed by atoms with Crippen molar-refractivity contribution in [1.82, 2.24) is 9.55 Å². The van der Waals surface area contributed by atoms with E-state index in [0.717, 1.165) is 23.9 Å². The van der Waals surface area contributed by atoms with Gasteiger partial charge >= 0.3 is 0 Å². The number of hydrogen-bond donors (Lipinski definition) is 2. The number of rotatable bonds is 2. The van der Waals surface area contributed by atoms with Crippen LogP contribution in [-0.2, 0) is 0 Å².